The first-order valence-electron chi connectivity index (χ1n) is 6.01. The summed E-state index contributed by atoms with van der Waals surface area (Å²) < 4.78 is 40.0. The second-order valence-corrected chi connectivity index (χ2v) is 4.30. The van der Waals surface area contributed by atoms with Gasteiger partial charge in [0.2, 0.25) is 0 Å². The second kappa shape index (κ2) is 6.60. The largest absolute Gasteiger partial charge is 0.573 e. The standard InChI is InChI=1S/C13H15F3O4/c1-2-4-10(12(18)19)11(17)8-5-3-6-9(7-8)20-13(14,15)16/h3,5-7,10-11,17H,2,4H2,1H3,(H,18,19). The molecule has 0 aliphatic rings. The summed E-state index contributed by atoms with van der Waals surface area (Å²) in [7, 11) is 0. The molecule has 0 spiro atoms. The van der Waals surface area contributed by atoms with Crippen LogP contribution in [-0.2, 0) is 4.79 Å². The van der Waals surface area contributed by atoms with Crippen LogP contribution in [-0.4, -0.2) is 22.5 Å². The summed E-state index contributed by atoms with van der Waals surface area (Å²) in [6.45, 7) is 1.76. The van der Waals surface area contributed by atoms with Crippen LogP contribution in [0.4, 0.5) is 13.2 Å². The van der Waals surface area contributed by atoms with E-state index in [0.717, 1.165) is 12.1 Å². The molecular formula is C13H15F3O4. The molecule has 0 bridgehead atoms. The smallest absolute Gasteiger partial charge is 0.481 e. The summed E-state index contributed by atoms with van der Waals surface area (Å²) in [5, 5.41) is 19.0. The first-order chi connectivity index (χ1) is 9.24. The normalized spacial score (nSPS) is 14.7. The maximum Gasteiger partial charge on any atom is 0.573 e. The lowest BCUT2D eigenvalue weighted by atomic mass is 9.92. The minimum atomic E-state index is -4.83. The third-order valence-electron chi connectivity index (χ3n) is 2.73. The number of carbonyl (C=O) groups is 1. The average molecular weight is 292 g/mol. The molecule has 112 valence electrons. The lowest BCUT2D eigenvalue weighted by molar-refractivity contribution is -0.274. The van der Waals surface area contributed by atoms with E-state index in [1.165, 1.54) is 12.1 Å². The van der Waals surface area contributed by atoms with Gasteiger partial charge in [-0.1, -0.05) is 25.5 Å². The highest BCUT2D eigenvalue weighted by atomic mass is 19.4. The zero-order valence-corrected chi connectivity index (χ0v) is 10.7. The molecule has 1 rings (SSSR count). The summed E-state index contributed by atoms with van der Waals surface area (Å²) in [4.78, 5) is 11.0. The Bertz CT molecular complexity index is 459. The van der Waals surface area contributed by atoms with Crippen LogP contribution in [0.1, 0.15) is 31.4 Å². The van der Waals surface area contributed by atoms with E-state index in [4.69, 9.17) is 5.11 Å². The van der Waals surface area contributed by atoms with Gasteiger partial charge in [0.1, 0.15) is 5.75 Å². The molecule has 0 radical (unpaired) electrons. The van der Waals surface area contributed by atoms with Gasteiger partial charge in [-0.15, -0.1) is 13.2 Å². The van der Waals surface area contributed by atoms with Gasteiger partial charge >= 0.3 is 12.3 Å². The molecule has 1 aromatic rings. The lowest BCUT2D eigenvalue weighted by Crippen LogP contribution is -2.22. The average Bonchev–Trinajstić information content (AvgIpc) is 2.33. The third-order valence-corrected chi connectivity index (χ3v) is 2.73. The number of alkyl halides is 3. The number of benzene rings is 1. The molecule has 0 aromatic heterocycles. The number of ether oxygens (including phenoxy) is 1. The van der Waals surface area contributed by atoms with E-state index in [1.54, 1.807) is 6.92 Å². The molecule has 2 atom stereocenters. The van der Waals surface area contributed by atoms with Crippen molar-refractivity contribution in [2.24, 2.45) is 5.92 Å². The zero-order chi connectivity index (χ0) is 15.3. The van der Waals surface area contributed by atoms with Crippen molar-refractivity contribution >= 4 is 5.97 Å². The van der Waals surface area contributed by atoms with E-state index >= 15 is 0 Å². The van der Waals surface area contributed by atoms with Crippen LogP contribution in [0.5, 0.6) is 5.75 Å². The van der Waals surface area contributed by atoms with Crippen molar-refractivity contribution in [1.82, 2.24) is 0 Å². The number of carboxylic acids is 1. The number of aliphatic carboxylic acids is 1. The van der Waals surface area contributed by atoms with Gasteiger partial charge in [0.15, 0.2) is 0 Å². The summed E-state index contributed by atoms with van der Waals surface area (Å²) in [5.74, 6) is -2.75. The maximum atomic E-state index is 12.1. The third kappa shape index (κ3) is 4.73. The summed E-state index contributed by atoms with van der Waals surface area (Å²) >= 11 is 0. The van der Waals surface area contributed by atoms with Crippen LogP contribution in [0.3, 0.4) is 0 Å². The van der Waals surface area contributed by atoms with Gasteiger partial charge < -0.3 is 14.9 Å². The zero-order valence-electron chi connectivity index (χ0n) is 10.7. The minimum Gasteiger partial charge on any atom is -0.481 e. The van der Waals surface area contributed by atoms with Crippen molar-refractivity contribution in [1.29, 1.82) is 0 Å². The summed E-state index contributed by atoms with van der Waals surface area (Å²) in [6, 6.07) is 4.70. The monoisotopic (exact) mass is 292 g/mol. The van der Waals surface area contributed by atoms with Gasteiger partial charge in [0, 0.05) is 0 Å². The van der Waals surface area contributed by atoms with Gasteiger partial charge in [-0.2, -0.15) is 0 Å². The van der Waals surface area contributed by atoms with Crippen LogP contribution in [0.15, 0.2) is 24.3 Å². The first kappa shape index (κ1) is 16.3. The molecule has 0 heterocycles. The summed E-state index contributed by atoms with van der Waals surface area (Å²) in [5.41, 5.74) is 0.0765. The van der Waals surface area contributed by atoms with Crippen LogP contribution in [0.2, 0.25) is 0 Å². The highest BCUT2D eigenvalue weighted by molar-refractivity contribution is 5.71. The molecule has 2 unspecified atom stereocenters. The van der Waals surface area contributed by atoms with E-state index in [0.29, 0.717) is 6.42 Å². The number of aliphatic hydroxyl groups is 1. The Labute approximate surface area is 113 Å². The van der Waals surface area contributed by atoms with Gasteiger partial charge in [-0.25, -0.2) is 0 Å². The van der Waals surface area contributed by atoms with Crippen LogP contribution in [0, 0.1) is 5.92 Å². The molecule has 0 amide bonds. The Morgan fingerprint density at radius 2 is 2.05 bits per heavy atom. The molecule has 0 saturated heterocycles. The van der Waals surface area contributed by atoms with Gasteiger partial charge in [0.25, 0.3) is 0 Å². The van der Waals surface area contributed by atoms with Gasteiger partial charge in [0.05, 0.1) is 12.0 Å². The highest BCUT2D eigenvalue weighted by Gasteiger charge is 2.32. The molecule has 0 aliphatic carbocycles. The number of aliphatic hydroxyl groups excluding tert-OH is 1. The molecule has 20 heavy (non-hydrogen) atoms. The van der Waals surface area contributed by atoms with Crippen molar-refractivity contribution in [2.75, 3.05) is 0 Å². The van der Waals surface area contributed by atoms with Crippen molar-refractivity contribution in [3.63, 3.8) is 0 Å². The number of rotatable bonds is 6. The Morgan fingerprint density at radius 3 is 2.55 bits per heavy atom. The number of hydrogen-bond acceptors (Lipinski definition) is 3. The fourth-order valence-electron chi connectivity index (χ4n) is 1.86. The van der Waals surface area contributed by atoms with Crippen LogP contribution >= 0.6 is 0 Å². The van der Waals surface area contributed by atoms with E-state index in [9.17, 15) is 23.1 Å². The van der Waals surface area contributed by atoms with E-state index in [2.05, 4.69) is 4.74 Å². The minimum absolute atomic E-state index is 0.0765. The molecule has 0 saturated carbocycles. The van der Waals surface area contributed by atoms with E-state index < -0.39 is 30.1 Å². The molecule has 1 aromatic carbocycles. The van der Waals surface area contributed by atoms with E-state index in [-0.39, 0.29) is 12.0 Å². The number of carboxylic acid groups (broad SMARTS) is 1. The number of halogens is 3. The molecular weight excluding hydrogens is 277 g/mol. The lowest BCUT2D eigenvalue weighted by Gasteiger charge is -2.19. The first-order valence-corrected chi connectivity index (χ1v) is 6.01. The molecule has 2 N–H and O–H groups in total. The predicted molar refractivity (Wildman–Crippen MR) is 64.1 cm³/mol. The Balaban J connectivity index is 2.95. The quantitative estimate of drug-likeness (QED) is 0.845. The molecule has 7 heteroatoms. The van der Waals surface area contributed by atoms with Crippen LogP contribution < -0.4 is 4.74 Å². The Hall–Kier alpha value is -1.76. The van der Waals surface area contributed by atoms with Crippen LogP contribution in [0.25, 0.3) is 0 Å². The van der Waals surface area contributed by atoms with Crippen molar-refractivity contribution in [3.05, 3.63) is 29.8 Å². The predicted octanol–water partition coefficient (Wildman–Crippen LogP) is 3.12. The topological polar surface area (TPSA) is 66.8 Å². The van der Waals surface area contributed by atoms with E-state index in [1.807, 2.05) is 0 Å². The molecule has 0 fully saturated rings. The Morgan fingerprint density at radius 1 is 1.40 bits per heavy atom. The summed E-state index contributed by atoms with van der Waals surface area (Å²) in [6.07, 6.45) is -5.46. The Kier molecular flexibility index (Phi) is 5.38. The fraction of sp³-hybridized carbons (Fsp3) is 0.462. The van der Waals surface area contributed by atoms with Crippen molar-refractivity contribution < 1.29 is 32.9 Å². The van der Waals surface area contributed by atoms with Crippen molar-refractivity contribution in [2.45, 2.75) is 32.2 Å². The molecule has 4 nitrogen and oxygen atoms in total. The maximum absolute atomic E-state index is 12.1. The van der Waals surface area contributed by atoms with Crippen molar-refractivity contribution in [3.8, 4) is 5.75 Å². The second-order valence-electron chi connectivity index (χ2n) is 4.30. The van der Waals surface area contributed by atoms with Gasteiger partial charge in [-0.3, -0.25) is 4.79 Å². The van der Waals surface area contributed by atoms with Gasteiger partial charge in [-0.05, 0) is 24.1 Å². The fourth-order valence-corrected chi connectivity index (χ4v) is 1.86. The highest BCUT2D eigenvalue weighted by Crippen LogP contribution is 2.30. The molecule has 0 aliphatic heterocycles. The number of hydrogen-bond donors (Lipinski definition) is 2. The SMILES string of the molecule is CCCC(C(=O)O)C(O)c1cccc(OC(F)(F)F)c1.